The monoisotopic (exact) mass is 348 g/mol. The van der Waals surface area contributed by atoms with Crippen LogP contribution in [0.5, 0.6) is 0 Å². The van der Waals surface area contributed by atoms with Gasteiger partial charge in [0.05, 0.1) is 15.5 Å². The molecular formula is C11H10BrFN2O3S. The molecule has 1 aromatic rings. The van der Waals surface area contributed by atoms with E-state index in [-0.39, 0.29) is 22.0 Å². The van der Waals surface area contributed by atoms with Gasteiger partial charge < -0.3 is 4.90 Å². The number of hydrogen-bond acceptors (Lipinski definition) is 4. The molecule has 0 aliphatic carbocycles. The number of carbonyl (C=O) groups excluding carboxylic acids is 1. The fraction of sp³-hybridized carbons (Fsp3) is 0.364. The van der Waals surface area contributed by atoms with Crippen molar-refractivity contribution in [1.82, 2.24) is 0 Å². The zero-order chi connectivity index (χ0) is 14.2. The number of benzene rings is 1. The van der Waals surface area contributed by atoms with Gasteiger partial charge in [0.15, 0.2) is 0 Å². The number of nitrogens with zero attached hydrogens (tertiary/aromatic N) is 2. The quantitative estimate of drug-likeness (QED) is 0.519. The van der Waals surface area contributed by atoms with E-state index < -0.39 is 16.4 Å². The van der Waals surface area contributed by atoms with Gasteiger partial charge in [0.1, 0.15) is 11.5 Å². The summed E-state index contributed by atoms with van der Waals surface area (Å²) >= 11 is 7.22. The van der Waals surface area contributed by atoms with Crippen LogP contribution in [0.25, 0.3) is 0 Å². The van der Waals surface area contributed by atoms with Gasteiger partial charge in [0, 0.05) is 13.0 Å². The zero-order valence-corrected chi connectivity index (χ0v) is 12.2. The van der Waals surface area contributed by atoms with Crippen molar-refractivity contribution in [1.29, 1.82) is 0 Å². The van der Waals surface area contributed by atoms with Crippen LogP contribution >= 0.6 is 28.6 Å². The molecule has 5 nitrogen and oxygen atoms in total. The summed E-state index contributed by atoms with van der Waals surface area (Å²) in [6, 6.07) is 1.94. The molecule has 0 bridgehead atoms. The van der Waals surface area contributed by atoms with Gasteiger partial charge in [-0.2, -0.15) is 12.6 Å². The first-order valence-electron chi connectivity index (χ1n) is 5.48. The van der Waals surface area contributed by atoms with Crippen molar-refractivity contribution >= 4 is 45.8 Å². The minimum Gasteiger partial charge on any atom is -0.305 e. The summed E-state index contributed by atoms with van der Waals surface area (Å²) in [4.78, 5) is 23.5. The molecule has 1 fully saturated rings. The molecule has 1 saturated heterocycles. The third kappa shape index (κ3) is 2.74. The van der Waals surface area contributed by atoms with E-state index in [1.54, 1.807) is 0 Å². The number of amides is 1. The van der Waals surface area contributed by atoms with E-state index in [1.165, 1.54) is 4.90 Å². The van der Waals surface area contributed by atoms with E-state index in [0.717, 1.165) is 12.1 Å². The molecule has 8 heteroatoms. The third-order valence-electron chi connectivity index (χ3n) is 2.94. The summed E-state index contributed by atoms with van der Waals surface area (Å²) in [6.07, 6.45) is 0.296. The number of carbonyl (C=O) groups is 1. The van der Waals surface area contributed by atoms with Gasteiger partial charge in [-0.1, -0.05) is 0 Å². The van der Waals surface area contributed by atoms with E-state index in [4.69, 9.17) is 0 Å². The topological polar surface area (TPSA) is 63.5 Å². The molecule has 0 aromatic heterocycles. The Balaban J connectivity index is 2.50. The molecule has 2 rings (SSSR count). The van der Waals surface area contributed by atoms with Crippen molar-refractivity contribution in [3.63, 3.8) is 0 Å². The highest BCUT2D eigenvalue weighted by Crippen LogP contribution is 2.39. The van der Waals surface area contributed by atoms with Crippen molar-refractivity contribution in [2.24, 2.45) is 5.92 Å². The van der Waals surface area contributed by atoms with Gasteiger partial charge in [-0.15, -0.1) is 0 Å². The first-order chi connectivity index (χ1) is 8.93. The van der Waals surface area contributed by atoms with Gasteiger partial charge in [-0.05, 0) is 33.7 Å². The smallest absolute Gasteiger partial charge is 0.297 e. The minimum absolute atomic E-state index is 0.0485. The maximum atomic E-state index is 13.2. The predicted octanol–water partition coefficient (Wildman–Crippen LogP) is 2.78. The van der Waals surface area contributed by atoms with Gasteiger partial charge in [0.25, 0.3) is 5.69 Å². The molecule has 1 atom stereocenters. The molecule has 1 aromatic carbocycles. The summed E-state index contributed by atoms with van der Waals surface area (Å²) in [6.45, 7) is 0.355. The highest BCUT2D eigenvalue weighted by molar-refractivity contribution is 9.10. The Labute approximate surface area is 122 Å². The lowest BCUT2D eigenvalue weighted by atomic mass is 10.1. The lowest BCUT2D eigenvalue weighted by Crippen LogP contribution is -2.26. The molecule has 1 aliphatic rings. The first-order valence-corrected chi connectivity index (χ1v) is 6.91. The third-order valence-corrected chi connectivity index (χ3v) is 4.06. The normalized spacial score (nSPS) is 19.0. The minimum atomic E-state index is -0.722. The van der Waals surface area contributed by atoms with Gasteiger partial charge >= 0.3 is 0 Å². The van der Waals surface area contributed by atoms with E-state index >= 15 is 0 Å². The number of nitro groups is 1. The average molecular weight is 349 g/mol. The highest BCUT2D eigenvalue weighted by atomic mass is 79.9. The number of anilines is 1. The molecule has 0 spiro atoms. The number of hydrogen-bond donors (Lipinski definition) is 1. The SMILES string of the molecule is O=C1CC(CS)CN1c1c(Br)cc(F)cc1[N+](=O)[O-]. The Bertz CT molecular complexity index is 555. The summed E-state index contributed by atoms with van der Waals surface area (Å²) in [5.74, 6) is -0.365. The molecule has 1 unspecified atom stereocenters. The first kappa shape index (κ1) is 14.3. The summed E-state index contributed by atoms with van der Waals surface area (Å²) in [5.41, 5.74) is -0.305. The van der Waals surface area contributed by atoms with Crippen LogP contribution < -0.4 is 4.90 Å². The van der Waals surface area contributed by atoms with E-state index in [2.05, 4.69) is 28.6 Å². The number of halogens is 2. The lowest BCUT2D eigenvalue weighted by molar-refractivity contribution is -0.384. The largest absolute Gasteiger partial charge is 0.305 e. The Hall–Kier alpha value is -1.15. The molecular weight excluding hydrogens is 339 g/mol. The molecule has 19 heavy (non-hydrogen) atoms. The molecule has 102 valence electrons. The van der Waals surface area contributed by atoms with Crippen LogP contribution in [0.4, 0.5) is 15.8 Å². The van der Waals surface area contributed by atoms with Crippen molar-refractivity contribution in [2.75, 3.05) is 17.2 Å². The van der Waals surface area contributed by atoms with Gasteiger partial charge in [-0.3, -0.25) is 14.9 Å². The van der Waals surface area contributed by atoms with E-state index in [9.17, 15) is 19.3 Å². The zero-order valence-electron chi connectivity index (χ0n) is 9.68. The number of rotatable bonds is 3. The average Bonchev–Trinajstić information content (AvgIpc) is 2.69. The van der Waals surface area contributed by atoms with Crippen LogP contribution in [0, 0.1) is 21.8 Å². The summed E-state index contributed by atoms with van der Waals surface area (Å²) < 4.78 is 13.4. The second kappa shape index (κ2) is 5.46. The van der Waals surface area contributed by atoms with Crippen molar-refractivity contribution < 1.29 is 14.1 Å². The van der Waals surface area contributed by atoms with Gasteiger partial charge in [-0.25, -0.2) is 4.39 Å². The summed E-state index contributed by atoms with van der Waals surface area (Å²) in [7, 11) is 0. The second-order valence-electron chi connectivity index (χ2n) is 4.27. The highest BCUT2D eigenvalue weighted by Gasteiger charge is 2.35. The van der Waals surface area contributed by atoms with Crippen LogP contribution in [0.2, 0.25) is 0 Å². The fourth-order valence-corrected chi connectivity index (χ4v) is 2.96. The van der Waals surface area contributed by atoms with Crippen LogP contribution in [-0.2, 0) is 4.79 Å². The second-order valence-corrected chi connectivity index (χ2v) is 5.49. The van der Waals surface area contributed by atoms with Gasteiger partial charge in [0.2, 0.25) is 5.91 Å². The molecule has 1 heterocycles. The van der Waals surface area contributed by atoms with E-state index in [0.29, 0.717) is 18.7 Å². The van der Waals surface area contributed by atoms with Crippen molar-refractivity contribution in [2.45, 2.75) is 6.42 Å². The lowest BCUT2D eigenvalue weighted by Gasteiger charge is -2.18. The Morgan fingerprint density at radius 2 is 2.26 bits per heavy atom. The summed E-state index contributed by atoms with van der Waals surface area (Å²) in [5, 5.41) is 11.0. The maximum absolute atomic E-state index is 13.2. The Morgan fingerprint density at radius 3 is 2.79 bits per heavy atom. The fourth-order valence-electron chi connectivity index (χ4n) is 2.08. The van der Waals surface area contributed by atoms with E-state index in [1.807, 2.05) is 0 Å². The van der Waals surface area contributed by atoms with Crippen molar-refractivity contribution in [3.8, 4) is 0 Å². The predicted molar refractivity (Wildman–Crippen MR) is 75.1 cm³/mol. The number of thiol groups is 1. The number of nitro benzene ring substituents is 1. The van der Waals surface area contributed by atoms with Crippen LogP contribution in [-0.4, -0.2) is 23.1 Å². The molecule has 1 amide bonds. The molecule has 0 radical (unpaired) electrons. The molecule has 0 N–H and O–H groups in total. The Kier molecular flexibility index (Phi) is 4.10. The van der Waals surface area contributed by atoms with Crippen LogP contribution in [0.15, 0.2) is 16.6 Å². The molecule has 0 saturated carbocycles. The van der Waals surface area contributed by atoms with Crippen LogP contribution in [0.1, 0.15) is 6.42 Å². The Morgan fingerprint density at radius 1 is 1.58 bits per heavy atom. The standard InChI is InChI=1S/C11H10BrFN2O3S/c12-8-2-7(13)3-9(15(17)18)11(8)14-4-6(5-19)1-10(14)16/h2-3,6,19H,1,4-5H2. The maximum Gasteiger partial charge on any atom is 0.297 e. The molecule has 1 aliphatic heterocycles. The van der Waals surface area contributed by atoms with Crippen molar-refractivity contribution in [3.05, 3.63) is 32.5 Å². The van der Waals surface area contributed by atoms with Crippen LogP contribution in [0.3, 0.4) is 0 Å².